The molecule has 116 valence electrons. The molecule has 0 N–H and O–H groups in total. The van der Waals surface area contributed by atoms with Crippen LogP contribution in [0.4, 0.5) is 0 Å². The minimum absolute atomic E-state index is 0.0437. The average molecular weight is 302 g/mol. The van der Waals surface area contributed by atoms with Crippen molar-refractivity contribution in [3.8, 4) is 0 Å². The van der Waals surface area contributed by atoms with Crippen molar-refractivity contribution < 1.29 is 18.4 Å². The largest absolute Gasteiger partial charge is 0.469 e. The molecule has 2 aromatic heterocycles. The predicted octanol–water partition coefficient (Wildman–Crippen LogP) is 2.09. The van der Waals surface area contributed by atoms with Gasteiger partial charge in [0.1, 0.15) is 11.5 Å². The van der Waals surface area contributed by atoms with Crippen molar-refractivity contribution in [3.05, 3.63) is 47.3 Å². The highest BCUT2D eigenvalue weighted by Gasteiger charge is 2.27. The van der Waals surface area contributed by atoms with Crippen LogP contribution >= 0.6 is 0 Å². The lowest BCUT2D eigenvalue weighted by molar-refractivity contribution is 0.0533. The van der Waals surface area contributed by atoms with E-state index in [1.54, 1.807) is 35.8 Å². The van der Waals surface area contributed by atoms with Gasteiger partial charge in [0.2, 0.25) is 0 Å². The van der Waals surface area contributed by atoms with Crippen LogP contribution in [0.2, 0.25) is 0 Å². The molecule has 0 radical (unpaired) electrons. The van der Waals surface area contributed by atoms with Gasteiger partial charge in [0.05, 0.1) is 23.7 Å². The lowest BCUT2D eigenvalue weighted by atomic mass is 10.2. The van der Waals surface area contributed by atoms with Gasteiger partial charge in [0.25, 0.3) is 11.8 Å². The first-order valence-corrected chi connectivity index (χ1v) is 7.24. The molecule has 22 heavy (non-hydrogen) atoms. The van der Waals surface area contributed by atoms with Crippen LogP contribution in [0, 0.1) is 13.8 Å². The SMILES string of the molecule is Cc1occc1C(=O)N1CCN(C(=O)c2ccoc2C)CC1. The van der Waals surface area contributed by atoms with Gasteiger partial charge in [-0.1, -0.05) is 0 Å². The maximum absolute atomic E-state index is 12.4. The summed E-state index contributed by atoms with van der Waals surface area (Å²) in [6.07, 6.45) is 3.04. The van der Waals surface area contributed by atoms with Crippen LogP contribution in [0.5, 0.6) is 0 Å². The second-order valence-electron chi connectivity index (χ2n) is 5.37. The van der Waals surface area contributed by atoms with E-state index in [0.29, 0.717) is 48.8 Å². The molecule has 2 amide bonds. The molecule has 1 fully saturated rings. The number of nitrogens with zero attached hydrogens (tertiary/aromatic N) is 2. The molecule has 0 unspecified atom stereocenters. The van der Waals surface area contributed by atoms with E-state index in [1.165, 1.54) is 12.5 Å². The number of hydrogen-bond donors (Lipinski definition) is 0. The Bertz CT molecular complexity index is 632. The van der Waals surface area contributed by atoms with Crippen molar-refractivity contribution >= 4 is 11.8 Å². The van der Waals surface area contributed by atoms with Crippen LogP contribution in [0.15, 0.2) is 33.5 Å². The number of piperazine rings is 1. The summed E-state index contributed by atoms with van der Waals surface area (Å²) in [7, 11) is 0. The topological polar surface area (TPSA) is 66.9 Å². The molecule has 0 spiro atoms. The van der Waals surface area contributed by atoms with Crippen molar-refractivity contribution in [1.29, 1.82) is 0 Å². The predicted molar refractivity (Wildman–Crippen MR) is 78.7 cm³/mol. The molecule has 0 saturated carbocycles. The Morgan fingerprint density at radius 2 is 1.18 bits per heavy atom. The smallest absolute Gasteiger partial charge is 0.257 e. The third kappa shape index (κ3) is 2.52. The fraction of sp³-hybridized carbons (Fsp3) is 0.375. The van der Waals surface area contributed by atoms with Crippen LogP contribution in [0.25, 0.3) is 0 Å². The maximum Gasteiger partial charge on any atom is 0.257 e. The molecule has 0 atom stereocenters. The molecule has 1 saturated heterocycles. The van der Waals surface area contributed by atoms with Crippen LogP contribution in [-0.2, 0) is 0 Å². The Balaban J connectivity index is 1.63. The molecule has 3 rings (SSSR count). The Hall–Kier alpha value is -2.50. The van der Waals surface area contributed by atoms with E-state index in [0.717, 1.165) is 0 Å². The highest BCUT2D eigenvalue weighted by atomic mass is 16.3. The lowest BCUT2D eigenvalue weighted by Gasteiger charge is -2.34. The minimum atomic E-state index is -0.0437. The van der Waals surface area contributed by atoms with Gasteiger partial charge in [-0.25, -0.2) is 0 Å². The first-order chi connectivity index (χ1) is 10.6. The standard InChI is InChI=1S/C16H18N2O4/c1-11-13(3-9-21-11)15(19)17-5-7-18(8-6-17)16(20)14-4-10-22-12(14)2/h3-4,9-10H,5-8H2,1-2H3. The van der Waals surface area contributed by atoms with Crippen LogP contribution in [0.1, 0.15) is 32.2 Å². The zero-order valence-corrected chi connectivity index (χ0v) is 12.7. The van der Waals surface area contributed by atoms with E-state index in [9.17, 15) is 9.59 Å². The third-order valence-electron chi connectivity index (χ3n) is 4.03. The number of furan rings is 2. The monoisotopic (exact) mass is 302 g/mol. The zero-order chi connectivity index (χ0) is 15.7. The Morgan fingerprint density at radius 1 is 0.818 bits per heavy atom. The maximum atomic E-state index is 12.4. The molecule has 1 aliphatic heterocycles. The second-order valence-corrected chi connectivity index (χ2v) is 5.37. The van der Waals surface area contributed by atoms with Gasteiger partial charge in [-0.2, -0.15) is 0 Å². The molecule has 3 heterocycles. The van der Waals surface area contributed by atoms with Gasteiger partial charge in [0.15, 0.2) is 0 Å². The highest BCUT2D eigenvalue weighted by molar-refractivity contribution is 5.96. The van der Waals surface area contributed by atoms with Crippen molar-refractivity contribution in [3.63, 3.8) is 0 Å². The Morgan fingerprint density at radius 3 is 1.45 bits per heavy atom. The molecular formula is C16H18N2O4. The van der Waals surface area contributed by atoms with E-state index >= 15 is 0 Å². The molecule has 2 aromatic rings. The number of amides is 2. The van der Waals surface area contributed by atoms with Crippen LogP contribution in [-0.4, -0.2) is 47.8 Å². The number of aryl methyl sites for hydroxylation is 2. The van der Waals surface area contributed by atoms with Gasteiger partial charge in [0, 0.05) is 26.2 Å². The van der Waals surface area contributed by atoms with Gasteiger partial charge in [-0.3, -0.25) is 9.59 Å². The summed E-state index contributed by atoms with van der Waals surface area (Å²) in [6, 6.07) is 3.37. The lowest BCUT2D eigenvalue weighted by Crippen LogP contribution is -2.50. The molecule has 0 aliphatic carbocycles. The van der Waals surface area contributed by atoms with Gasteiger partial charge in [-0.15, -0.1) is 0 Å². The van der Waals surface area contributed by atoms with E-state index in [2.05, 4.69) is 0 Å². The Labute approximate surface area is 128 Å². The molecule has 6 nitrogen and oxygen atoms in total. The third-order valence-corrected chi connectivity index (χ3v) is 4.03. The molecule has 0 bridgehead atoms. The quantitative estimate of drug-likeness (QED) is 0.852. The van der Waals surface area contributed by atoms with Crippen molar-refractivity contribution in [2.45, 2.75) is 13.8 Å². The van der Waals surface area contributed by atoms with E-state index in [1.807, 2.05) is 0 Å². The fourth-order valence-electron chi connectivity index (χ4n) is 2.67. The van der Waals surface area contributed by atoms with E-state index in [-0.39, 0.29) is 11.8 Å². The summed E-state index contributed by atoms with van der Waals surface area (Å²) in [5, 5.41) is 0. The number of carbonyl (C=O) groups is 2. The minimum Gasteiger partial charge on any atom is -0.469 e. The zero-order valence-electron chi connectivity index (χ0n) is 12.7. The van der Waals surface area contributed by atoms with Crippen molar-refractivity contribution in [2.75, 3.05) is 26.2 Å². The number of hydrogen-bond acceptors (Lipinski definition) is 4. The van der Waals surface area contributed by atoms with Gasteiger partial charge >= 0.3 is 0 Å². The normalized spacial score (nSPS) is 15.2. The second kappa shape index (κ2) is 5.71. The molecular weight excluding hydrogens is 284 g/mol. The van der Waals surface area contributed by atoms with Crippen LogP contribution < -0.4 is 0 Å². The fourth-order valence-corrected chi connectivity index (χ4v) is 2.67. The van der Waals surface area contributed by atoms with Crippen molar-refractivity contribution in [2.24, 2.45) is 0 Å². The summed E-state index contributed by atoms with van der Waals surface area (Å²) < 4.78 is 10.4. The summed E-state index contributed by atoms with van der Waals surface area (Å²) in [6.45, 7) is 5.62. The summed E-state index contributed by atoms with van der Waals surface area (Å²) >= 11 is 0. The highest BCUT2D eigenvalue weighted by Crippen LogP contribution is 2.16. The number of rotatable bonds is 2. The van der Waals surface area contributed by atoms with Gasteiger partial charge < -0.3 is 18.6 Å². The Kier molecular flexibility index (Phi) is 3.75. The molecule has 1 aliphatic rings. The van der Waals surface area contributed by atoms with E-state index < -0.39 is 0 Å². The average Bonchev–Trinajstić information content (AvgIpc) is 3.14. The molecule has 6 heteroatoms. The summed E-state index contributed by atoms with van der Waals surface area (Å²) in [4.78, 5) is 28.3. The van der Waals surface area contributed by atoms with Crippen molar-refractivity contribution in [1.82, 2.24) is 9.80 Å². The van der Waals surface area contributed by atoms with Crippen LogP contribution in [0.3, 0.4) is 0 Å². The summed E-state index contributed by atoms with van der Waals surface area (Å²) in [5.41, 5.74) is 1.18. The van der Waals surface area contributed by atoms with Gasteiger partial charge in [-0.05, 0) is 26.0 Å². The molecule has 0 aromatic carbocycles. The van der Waals surface area contributed by atoms with E-state index in [4.69, 9.17) is 8.83 Å². The first-order valence-electron chi connectivity index (χ1n) is 7.24. The summed E-state index contributed by atoms with van der Waals surface area (Å²) in [5.74, 6) is 1.16. The number of carbonyl (C=O) groups excluding carboxylic acids is 2. The first kappa shape index (κ1) is 14.4.